The third-order valence-electron chi connectivity index (χ3n) is 3.52. The smallest absolute Gasteiger partial charge is 0.309 e. The normalized spacial score (nSPS) is 31.6. The number of hydrogen-bond donors (Lipinski definition) is 0. The molecule has 2 fully saturated rings. The molecule has 2 aliphatic carbocycles. The number of rotatable bonds is 1. The molecule has 12 heavy (non-hydrogen) atoms. The summed E-state index contributed by atoms with van der Waals surface area (Å²) < 4.78 is 4.76. The van der Waals surface area contributed by atoms with Crippen LogP contribution in [0.5, 0.6) is 0 Å². The number of esters is 1. The summed E-state index contributed by atoms with van der Waals surface area (Å²) in [5, 5.41) is 0. The van der Waals surface area contributed by atoms with Crippen molar-refractivity contribution < 1.29 is 9.53 Å². The van der Waals surface area contributed by atoms with Crippen molar-refractivity contribution in [1.82, 2.24) is 0 Å². The van der Waals surface area contributed by atoms with E-state index in [-0.39, 0.29) is 11.9 Å². The fraction of sp³-hybridized carbons (Fsp3) is 0.900. The van der Waals surface area contributed by atoms with Gasteiger partial charge in [-0.05, 0) is 24.7 Å². The molecule has 1 unspecified atom stereocenters. The summed E-state index contributed by atoms with van der Waals surface area (Å²) in [5.74, 6) is 0.277. The van der Waals surface area contributed by atoms with Crippen molar-refractivity contribution in [1.29, 1.82) is 0 Å². The summed E-state index contributed by atoms with van der Waals surface area (Å²) >= 11 is 0. The lowest BCUT2D eigenvalue weighted by Crippen LogP contribution is -2.15. The molecule has 0 bridgehead atoms. The standard InChI is InChI=1S/C10H16O2/c1-12-9(11)8-7-10(8)5-3-2-4-6-10/h8H,2-7H2,1H3. The summed E-state index contributed by atoms with van der Waals surface area (Å²) in [6.45, 7) is 0. The lowest BCUT2D eigenvalue weighted by atomic mass is 9.84. The van der Waals surface area contributed by atoms with E-state index in [9.17, 15) is 4.79 Å². The van der Waals surface area contributed by atoms with Crippen molar-refractivity contribution in [3.63, 3.8) is 0 Å². The average Bonchev–Trinajstić information content (AvgIpc) is 2.80. The van der Waals surface area contributed by atoms with Crippen LogP contribution in [-0.2, 0) is 9.53 Å². The number of ether oxygens (including phenoxy) is 1. The number of hydrogen-bond acceptors (Lipinski definition) is 2. The molecule has 2 saturated carbocycles. The predicted octanol–water partition coefficient (Wildman–Crippen LogP) is 2.13. The van der Waals surface area contributed by atoms with E-state index < -0.39 is 0 Å². The summed E-state index contributed by atoms with van der Waals surface area (Å²) in [5.41, 5.74) is 0.394. The fourth-order valence-corrected chi connectivity index (χ4v) is 2.63. The lowest BCUT2D eigenvalue weighted by molar-refractivity contribution is -0.143. The zero-order valence-corrected chi connectivity index (χ0v) is 7.64. The third-order valence-corrected chi connectivity index (χ3v) is 3.52. The van der Waals surface area contributed by atoms with Crippen molar-refractivity contribution in [3.8, 4) is 0 Å². The van der Waals surface area contributed by atoms with Crippen molar-refractivity contribution in [2.75, 3.05) is 7.11 Å². The number of carbonyl (C=O) groups is 1. The highest BCUT2D eigenvalue weighted by atomic mass is 16.5. The molecule has 0 heterocycles. The molecule has 68 valence electrons. The molecule has 0 aromatic carbocycles. The van der Waals surface area contributed by atoms with Crippen LogP contribution in [-0.4, -0.2) is 13.1 Å². The van der Waals surface area contributed by atoms with Crippen LogP contribution in [0, 0.1) is 11.3 Å². The molecule has 1 atom stereocenters. The van der Waals surface area contributed by atoms with Gasteiger partial charge in [0.1, 0.15) is 0 Å². The van der Waals surface area contributed by atoms with Gasteiger partial charge in [-0.25, -0.2) is 0 Å². The minimum Gasteiger partial charge on any atom is -0.469 e. The second-order valence-corrected chi connectivity index (χ2v) is 4.20. The van der Waals surface area contributed by atoms with Gasteiger partial charge in [-0.1, -0.05) is 19.3 Å². The van der Waals surface area contributed by atoms with Crippen LogP contribution in [0.15, 0.2) is 0 Å². The maximum absolute atomic E-state index is 11.2. The Morgan fingerprint density at radius 1 is 1.33 bits per heavy atom. The van der Waals surface area contributed by atoms with E-state index in [1.54, 1.807) is 0 Å². The van der Waals surface area contributed by atoms with Gasteiger partial charge >= 0.3 is 5.97 Å². The quantitative estimate of drug-likeness (QED) is 0.561. The number of methoxy groups -OCH3 is 1. The molecule has 0 aromatic rings. The first-order valence-electron chi connectivity index (χ1n) is 4.86. The SMILES string of the molecule is COC(=O)C1CC12CCCCC2. The molecule has 2 nitrogen and oxygen atoms in total. The summed E-state index contributed by atoms with van der Waals surface area (Å²) in [7, 11) is 1.50. The Balaban J connectivity index is 1.95. The maximum Gasteiger partial charge on any atom is 0.309 e. The van der Waals surface area contributed by atoms with Crippen LogP contribution >= 0.6 is 0 Å². The van der Waals surface area contributed by atoms with Crippen molar-refractivity contribution in [2.45, 2.75) is 38.5 Å². The van der Waals surface area contributed by atoms with Crippen LogP contribution in [0.2, 0.25) is 0 Å². The van der Waals surface area contributed by atoms with Crippen LogP contribution in [0.1, 0.15) is 38.5 Å². The van der Waals surface area contributed by atoms with Gasteiger partial charge < -0.3 is 4.74 Å². The Bertz CT molecular complexity index is 192. The zero-order chi connectivity index (χ0) is 8.60. The largest absolute Gasteiger partial charge is 0.469 e. The maximum atomic E-state index is 11.2. The zero-order valence-electron chi connectivity index (χ0n) is 7.64. The van der Waals surface area contributed by atoms with E-state index in [2.05, 4.69) is 0 Å². The Hall–Kier alpha value is -0.530. The minimum absolute atomic E-state index is 0.0249. The minimum atomic E-state index is 0.0249. The summed E-state index contributed by atoms with van der Waals surface area (Å²) in [6.07, 6.45) is 7.59. The van der Waals surface area contributed by atoms with Crippen molar-refractivity contribution in [2.24, 2.45) is 11.3 Å². The van der Waals surface area contributed by atoms with Crippen LogP contribution in [0.25, 0.3) is 0 Å². The monoisotopic (exact) mass is 168 g/mol. The number of carbonyl (C=O) groups excluding carboxylic acids is 1. The Labute approximate surface area is 73.3 Å². The van der Waals surface area contributed by atoms with E-state index in [0.717, 1.165) is 6.42 Å². The highest BCUT2D eigenvalue weighted by Gasteiger charge is 2.58. The Kier molecular flexibility index (Phi) is 1.85. The average molecular weight is 168 g/mol. The molecule has 2 aliphatic rings. The molecule has 1 spiro atoms. The van der Waals surface area contributed by atoms with Gasteiger partial charge in [-0.3, -0.25) is 4.79 Å². The molecule has 0 amide bonds. The van der Waals surface area contributed by atoms with E-state index in [0.29, 0.717) is 5.41 Å². The van der Waals surface area contributed by atoms with E-state index in [4.69, 9.17) is 4.74 Å². The van der Waals surface area contributed by atoms with Crippen LogP contribution in [0.3, 0.4) is 0 Å². The van der Waals surface area contributed by atoms with Gasteiger partial charge in [0, 0.05) is 0 Å². The van der Waals surface area contributed by atoms with Gasteiger partial charge in [0.2, 0.25) is 0 Å². The van der Waals surface area contributed by atoms with E-state index >= 15 is 0 Å². The van der Waals surface area contributed by atoms with Gasteiger partial charge in [-0.15, -0.1) is 0 Å². The molecular weight excluding hydrogens is 152 g/mol. The molecule has 0 saturated heterocycles. The third kappa shape index (κ3) is 1.13. The lowest BCUT2D eigenvalue weighted by Gasteiger charge is -2.21. The molecular formula is C10H16O2. The molecule has 0 aromatic heterocycles. The van der Waals surface area contributed by atoms with Gasteiger partial charge in [0.25, 0.3) is 0 Å². The molecule has 0 radical (unpaired) electrons. The topological polar surface area (TPSA) is 26.3 Å². The Morgan fingerprint density at radius 2 is 2.00 bits per heavy atom. The summed E-state index contributed by atoms with van der Waals surface area (Å²) in [6, 6.07) is 0. The summed E-state index contributed by atoms with van der Waals surface area (Å²) in [4.78, 5) is 11.2. The second kappa shape index (κ2) is 2.75. The van der Waals surface area contributed by atoms with Gasteiger partial charge in [0.15, 0.2) is 0 Å². The molecule has 2 rings (SSSR count). The predicted molar refractivity (Wildman–Crippen MR) is 45.6 cm³/mol. The van der Waals surface area contributed by atoms with Gasteiger partial charge in [-0.2, -0.15) is 0 Å². The first kappa shape index (κ1) is 8.09. The van der Waals surface area contributed by atoms with Crippen molar-refractivity contribution >= 4 is 5.97 Å². The van der Waals surface area contributed by atoms with Crippen LogP contribution < -0.4 is 0 Å². The Morgan fingerprint density at radius 3 is 2.58 bits per heavy atom. The van der Waals surface area contributed by atoms with Gasteiger partial charge in [0.05, 0.1) is 13.0 Å². The first-order chi connectivity index (χ1) is 5.78. The van der Waals surface area contributed by atoms with Crippen LogP contribution in [0.4, 0.5) is 0 Å². The van der Waals surface area contributed by atoms with E-state index in [1.807, 2.05) is 0 Å². The molecule has 0 N–H and O–H groups in total. The fourth-order valence-electron chi connectivity index (χ4n) is 2.63. The second-order valence-electron chi connectivity index (χ2n) is 4.20. The van der Waals surface area contributed by atoms with Crippen molar-refractivity contribution in [3.05, 3.63) is 0 Å². The highest BCUT2D eigenvalue weighted by molar-refractivity contribution is 5.76. The molecule has 2 heteroatoms. The highest BCUT2D eigenvalue weighted by Crippen LogP contribution is 2.61. The molecule has 0 aliphatic heterocycles. The van der Waals surface area contributed by atoms with E-state index in [1.165, 1.54) is 39.2 Å². The first-order valence-corrected chi connectivity index (χ1v) is 4.86.